The molecule has 3 aromatic carbocycles. The van der Waals surface area contributed by atoms with Gasteiger partial charge in [0, 0.05) is 0 Å². The van der Waals surface area contributed by atoms with Crippen LogP contribution in [0, 0.1) is 0 Å². The number of hydrogen-bond donors (Lipinski definition) is 0. The summed E-state index contributed by atoms with van der Waals surface area (Å²) in [7, 11) is 0. The highest BCUT2D eigenvalue weighted by atomic mass is 13.8. The first kappa shape index (κ1) is 24.9. The molecule has 0 radical (unpaired) electrons. The maximum Gasteiger partial charge on any atom is -0.0263 e. The molecule has 0 spiro atoms. The number of rotatable bonds is 4. The Balaban J connectivity index is 0.000000358. The van der Waals surface area contributed by atoms with E-state index in [-0.39, 0.29) is 0 Å². The lowest BCUT2D eigenvalue weighted by atomic mass is 10.2. The van der Waals surface area contributed by atoms with E-state index in [0.717, 1.165) is 0 Å². The van der Waals surface area contributed by atoms with Crippen LogP contribution in [0.25, 0.3) is 18.2 Å². The van der Waals surface area contributed by atoms with Crippen molar-refractivity contribution >= 4 is 18.2 Å². The van der Waals surface area contributed by atoms with Crippen molar-refractivity contribution < 1.29 is 0 Å². The van der Waals surface area contributed by atoms with Crippen molar-refractivity contribution in [1.29, 1.82) is 0 Å². The third-order valence-electron chi connectivity index (χ3n) is 3.61. The number of benzene rings is 3. The van der Waals surface area contributed by atoms with Crippen LogP contribution in [0.1, 0.15) is 43.4 Å². The van der Waals surface area contributed by atoms with Gasteiger partial charge in [0.1, 0.15) is 0 Å². The van der Waals surface area contributed by atoms with E-state index in [9.17, 15) is 0 Å². The van der Waals surface area contributed by atoms with Crippen LogP contribution in [-0.2, 0) is 0 Å². The largest absolute Gasteiger partial charge is 0.0985 e. The topological polar surface area (TPSA) is 0 Å². The summed E-state index contributed by atoms with van der Waals surface area (Å²) in [6.07, 6.45) is 8.14. The SMILES string of the molecule is C=Cc1ccccc1.C=Cc1ccccc1.C=Cc1ccccc1.CCCC. The van der Waals surface area contributed by atoms with Gasteiger partial charge in [-0.3, -0.25) is 0 Å². The highest BCUT2D eigenvalue weighted by Crippen LogP contribution is 1.98. The molecule has 146 valence electrons. The molecular weight excluding hydrogens is 336 g/mol. The standard InChI is InChI=1S/3C8H8.C4H10/c3*1-2-8-6-4-3-5-7-8;1-3-4-2/h3*2-7H,1H2;3-4H2,1-2H3. The third-order valence-corrected chi connectivity index (χ3v) is 3.61. The van der Waals surface area contributed by atoms with Crippen molar-refractivity contribution in [3.8, 4) is 0 Å². The summed E-state index contributed by atoms with van der Waals surface area (Å²) in [5.41, 5.74) is 3.52. The minimum Gasteiger partial charge on any atom is -0.0985 e. The Bertz CT molecular complexity index is 619. The molecule has 28 heavy (non-hydrogen) atoms. The minimum atomic E-state index is 1.17. The Hall–Kier alpha value is -3.12. The fraction of sp³-hybridized carbons (Fsp3) is 0.143. The molecular formula is C28H34. The van der Waals surface area contributed by atoms with Crippen LogP contribution >= 0.6 is 0 Å². The third kappa shape index (κ3) is 14.1. The van der Waals surface area contributed by atoms with Gasteiger partial charge in [-0.05, 0) is 16.7 Å². The van der Waals surface area contributed by atoms with E-state index in [1.54, 1.807) is 0 Å². The van der Waals surface area contributed by atoms with Crippen molar-refractivity contribution in [2.45, 2.75) is 26.7 Å². The molecule has 0 unspecified atom stereocenters. The van der Waals surface area contributed by atoms with Crippen molar-refractivity contribution in [2.75, 3.05) is 0 Å². The molecule has 0 N–H and O–H groups in total. The highest BCUT2D eigenvalue weighted by molar-refractivity contribution is 5.46. The van der Waals surface area contributed by atoms with E-state index in [4.69, 9.17) is 0 Å². The second-order valence-electron chi connectivity index (χ2n) is 5.84. The second kappa shape index (κ2) is 18.7. The lowest BCUT2D eigenvalue weighted by Gasteiger charge is -1.85. The van der Waals surface area contributed by atoms with Gasteiger partial charge in [0.05, 0.1) is 0 Å². The molecule has 0 aliphatic heterocycles. The van der Waals surface area contributed by atoms with Crippen molar-refractivity contribution in [3.05, 3.63) is 127 Å². The van der Waals surface area contributed by atoms with Gasteiger partial charge in [0.2, 0.25) is 0 Å². The first-order valence-electron chi connectivity index (χ1n) is 9.74. The van der Waals surface area contributed by atoms with Crippen LogP contribution in [0.3, 0.4) is 0 Å². The van der Waals surface area contributed by atoms with E-state index in [2.05, 4.69) is 33.6 Å². The molecule has 3 rings (SSSR count). The van der Waals surface area contributed by atoms with Gasteiger partial charge in [-0.25, -0.2) is 0 Å². The van der Waals surface area contributed by atoms with E-state index < -0.39 is 0 Å². The number of unbranched alkanes of at least 4 members (excludes halogenated alkanes) is 1. The molecule has 0 aliphatic rings. The summed E-state index contributed by atoms with van der Waals surface area (Å²) in [4.78, 5) is 0. The summed E-state index contributed by atoms with van der Waals surface area (Å²) in [6, 6.07) is 30.1. The monoisotopic (exact) mass is 370 g/mol. The maximum atomic E-state index is 3.63. The molecule has 0 nitrogen and oxygen atoms in total. The maximum absolute atomic E-state index is 3.63. The van der Waals surface area contributed by atoms with E-state index in [1.165, 1.54) is 29.5 Å². The van der Waals surface area contributed by atoms with Crippen LogP contribution in [0.4, 0.5) is 0 Å². The molecule has 0 aliphatic carbocycles. The zero-order valence-corrected chi connectivity index (χ0v) is 17.4. The summed E-state index contributed by atoms with van der Waals surface area (Å²) < 4.78 is 0. The predicted molar refractivity (Wildman–Crippen MR) is 130 cm³/mol. The van der Waals surface area contributed by atoms with Crippen LogP contribution in [0.2, 0.25) is 0 Å². The zero-order chi connectivity index (χ0) is 20.9. The smallest absolute Gasteiger partial charge is 0.0263 e. The summed E-state index contributed by atoms with van der Waals surface area (Å²) in [5, 5.41) is 0. The summed E-state index contributed by atoms with van der Waals surface area (Å²) in [6.45, 7) is 15.3. The Morgan fingerprint density at radius 1 is 0.464 bits per heavy atom. The van der Waals surface area contributed by atoms with Crippen molar-refractivity contribution in [3.63, 3.8) is 0 Å². The predicted octanol–water partition coefficient (Wildman–Crippen LogP) is 8.80. The lowest BCUT2D eigenvalue weighted by Crippen LogP contribution is -1.63. The molecule has 0 saturated carbocycles. The number of hydrogen-bond acceptors (Lipinski definition) is 0. The van der Waals surface area contributed by atoms with Crippen LogP contribution in [-0.4, -0.2) is 0 Å². The average Bonchev–Trinajstić information content (AvgIpc) is 2.81. The van der Waals surface area contributed by atoms with Crippen LogP contribution < -0.4 is 0 Å². The van der Waals surface area contributed by atoms with E-state index in [1.807, 2.05) is 109 Å². The van der Waals surface area contributed by atoms with Gasteiger partial charge in [0.25, 0.3) is 0 Å². The van der Waals surface area contributed by atoms with Gasteiger partial charge in [-0.2, -0.15) is 0 Å². The lowest BCUT2D eigenvalue weighted by molar-refractivity contribution is 0.886. The van der Waals surface area contributed by atoms with Gasteiger partial charge >= 0.3 is 0 Å². The Kier molecular flexibility index (Phi) is 16.6. The van der Waals surface area contributed by atoms with E-state index >= 15 is 0 Å². The zero-order valence-electron chi connectivity index (χ0n) is 17.4. The van der Waals surface area contributed by atoms with Gasteiger partial charge in [0.15, 0.2) is 0 Å². The highest BCUT2D eigenvalue weighted by Gasteiger charge is 1.77. The van der Waals surface area contributed by atoms with Gasteiger partial charge < -0.3 is 0 Å². The fourth-order valence-corrected chi connectivity index (χ4v) is 1.77. The van der Waals surface area contributed by atoms with Crippen LogP contribution in [0.15, 0.2) is 111 Å². The Labute approximate surface area is 172 Å². The molecule has 3 aromatic rings. The Morgan fingerprint density at radius 3 is 0.786 bits per heavy atom. The summed E-state index contributed by atoms with van der Waals surface area (Å²) in [5.74, 6) is 0. The Morgan fingerprint density at radius 2 is 0.679 bits per heavy atom. The fourth-order valence-electron chi connectivity index (χ4n) is 1.77. The molecule has 0 amide bonds. The molecule has 0 fully saturated rings. The molecule has 0 aromatic heterocycles. The normalized spacial score (nSPS) is 8.36. The molecule has 0 bridgehead atoms. The van der Waals surface area contributed by atoms with Crippen molar-refractivity contribution in [1.82, 2.24) is 0 Å². The minimum absolute atomic E-state index is 1.17. The summed E-state index contributed by atoms with van der Waals surface area (Å²) >= 11 is 0. The second-order valence-corrected chi connectivity index (χ2v) is 5.84. The van der Waals surface area contributed by atoms with Gasteiger partial charge in [-0.1, -0.05) is 156 Å². The van der Waals surface area contributed by atoms with Gasteiger partial charge in [-0.15, -0.1) is 0 Å². The van der Waals surface area contributed by atoms with Crippen molar-refractivity contribution in [2.24, 2.45) is 0 Å². The molecule has 0 atom stereocenters. The average molecular weight is 371 g/mol. The van der Waals surface area contributed by atoms with E-state index in [0.29, 0.717) is 0 Å². The quantitative estimate of drug-likeness (QED) is 0.430. The molecule has 0 heteroatoms. The molecule has 0 heterocycles. The first-order chi connectivity index (χ1) is 13.7. The first-order valence-corrected chi connectivity index (χ1v) is 9.74. The molecule has 0 saturated heterocycles. The van der Waals surface area contributed by atoms with Crippen LogP contribution in [0.5, 0.6) is 0 Å².